The Morgan fingerprint density at radius 3 is 2.94 bits per heavy atom. The van der Waals surface area contributed by atoms with Gasteiger partial charge < -0.3 is 10.6 Å². The SMILES string of the molecule is CCCCNc1nnc([C@@H](C#N)NC(C)=O)s1. The lowest BCUT2D eigenvalue weighted by Gasteiger charge is -2.04. The molecule has 0 saturated heterocycles. The third kappa shape index (κ3) is 4.36. The van der Waals surface area contributed by atoms with E-state index in [2.05, 4.69) is 27.8 Å². The molecule has 6 nitrogen and oxygen atoms in total. The van der Waals surface area contributed by atoms with Gasteiger partial charge in [0.1, 0.15) is 0 Å². The molecular weight excluding hydrogens is 238 g/mol. The summed E-state index contributed by atoms with van der Waals surface area (Å²) in [5.74, 6) is -0.257. The number of rotatable bonds is 6. The van der Waals surface area contributed by atoms with E-state index in [4.69, 9.17) is 5.26 Å². The predicted molar refractivity (Wildman–Crippen MR) is 65.5 cm³/mol. The van der Waals surface area contributed by atoms with Gasteiger partial charge in [-0.15, -0.1) is 10.2 Å². The number of nitrogens with one attached hydrogen (secondary N) is 2. The minimum Gasteiger partial charge on any atom is -0.360 e. The third-order valence-electron chi connectivity index (χ3n) is 1.97. The van der Waals surface area contributed by atoms with Crippen LogP contribution in [0.1, 0.15) is 37.7 Å². The zero-order valence-corrected chi connectivity index (χ0v) is 10.7. The summed E-state index contributed by atoms with van der Waals surface area (Å²) >= 11 is 1.29. The van der Waals surface area contributed by atoms with Crippen LogP contribution in [0.25, 0.3) is 0 Å². The molecule has 2 N–H and O–H groups in total. The lowest BCUT2D eigenvalue weighted by atomic mass is 10.3. The molecule has 0 spiro atoms. The summed E-state index contributed by atoms with van der Waals surface area (Å²) in [5.41, 5.74) is 0. The summed E-state index contributed by atoms with van der Waals surface area (Å²) in [4.78, 5) is 10.9. The van der Waals surface area contributed by atoms with Crippen molar-refractivity contribution in [2.24, 2.45) is 0 Å². The number of hydrogen-bond donors (Lipinski definition) is 2. The first-order valence-corrected chi connectivity index (χ1v) is 6.23. The summed E-state index contributed by atoms with van der Waals surface area (Å²) in [5, 5.41) is 23.5. The van der Waals surface area contributed by atoms with Gasteiger partial charge in [-0.05, 0) is 6.42 Å². The zero-order valence-electron chi connectivity index (χ0n) is 9.86. The van der Waals surface area contributed by atoms with Gasteiger partial charge >= 0.3 is 0 Å². The van der Waals surface area contributed by atoms with E-state index >= 15 is 0 Å². The highest BCUT2D eigenvalue weighted by Crippen LogP contribution is 2.21. The minimum absolute atomic E-state index is 0.257. The first-order valence-electron chi connectivity index (χ1n) is 5.41. The van der Waals surface area contributed by atoms with E-state index in [1.807, 2.05) is 6.07 Å². The molecule has 1 amide bonds. The molecule has 1 rings (SSSR count). The van der Waals surface area contributed by atoms with Gasteiger partial charge in [0.25, 0.3) is 0 Å². The van der Waals surface area contributed by atoms with Crippen molar-refractivity contribution in [2.45, 2.75) is 32.7 Å². The highest BCUT2D eigenvalue weighted by atomic mass is 32.1. The van der Waals surface area contributed by atoms with E-state index in [0.29, 0.717) is 10.1 Å². The Labute approximate surface area is 104 Å². The van der Waals surface area contributed by atoms with Gasteiger partial charge in [-0.3, -0.25) is 4.79 Å². The first-order chi connectivity index (χ1) is 8.17. The van der Waals surface area contributed by atoms with E-state index in [0.717, 1.165) is 19.4 Å². The molecule has 92 valence electrons. The highest BCUT2D eigenvalue weighted by Gasteiger charge is 2.16. The normalized spacial score (nSPS) is 11.6. The molecule has 0 aliphatic carbocycles. The quantitative estimate of drug-likeness (QED) is 0.749. The van der Waals surface area contributed by atoms with Crippen molar-refractivity contribution in [3.63, 3.8) is 0 Å². The van der Waals surface area contributed by atoms with Crippen LogP contribution >= 0.6 is 11.3 Å². The van der Waals surface area contributed by atoms with E-state index in [-0.39, 0.29) is 5.91 Å². The van der Waals surface area contributed by atoms with Crippen molar-refractivity contribution < 1.29 is 4.79 Å². The smallest absolute Gasteiger partial charge is 0.218 e. The Morgan fingerprint density at radius 2 is 2.35 bits per heavy atom. The van der Waals surface area contributed by atoms with E-state index < -0.39 is 6.04 Å². The van der Waals surface area contributed by atoms with Gasteiger partial charge in [0.05, 0.1) is 6.07 Å². The number of carbonyl (C=O) groups excluding carboxylic acids is 1. The number of nitrogens with zero attached hydrogens (tertiary/aromatic N) is 3. The highest BCUT2D eigenvalue weighted by molar-refractivity contribution is 7.15. The Morgan fingerprint density at radius 1 is 1.59 bits per heavy atom. The first kappa shape index (κ1) is 13.4. The third-order valence-corrected chi connectivity index (χ3v) is 2.92. The summed E-state index contributed by atoms with van der Waals surface area (Å²) < 4.78 is 0. The summed E-state index contributed by atoms with van der Waals surface area (Å²) in [6.45, 7) is 4.31. The van der Waals surface area contributed by atoms with Gasteiger partial charge in [0, 0.05) is 13.5 Å². The van der Waals surface area contributed by atoms with Gasteiger partial charge in [-0.25, -0.2) is 0 Å². The fourth-order valence-electron chi connectivity index (χ4n) is 1.15. The number of carbonyl (C=O) groups is 1. The number of hydrogen-bond acceptors (Lipinski definition) is 6. The molecule has 0 fully saturated rings. The Bertz CT molecular complexity index is 411. The standard InChI is InChI=1S/C10H15N5OS/c1-3-4-5-12-10-15-14-9(17-10)8(6-11)13-7(2)16/h8H,3-5H2,1-2H3,(H,12,15)(H,13,16)/t8-/m1/s1. The van der Waals surface area contributed by atoms with Crippen molar-refractivity contribution in [2.75, 3.05) is 11.9 Å². The number of nitriles is 1. The molecule has 1 heterocycles. The van der Waals surface area contributed by atoms with E-state index in [1.165, 1.54) is 18.3 Å². The summed E-state index contributed by atoms with van der Waals surface area (Å²) in [6.07, 6.45) is 2.16. The molecule has 0 aliphatic heterocycles. The van der Waals surface area contributed by atoms with Crippen molar-refractivity contribution in [1.82, 2.24) is 15.5 Å². The lowest BCUT2D eigenvalue weighted by molar-refractivity contribution is -0.119. The maximum atomic E-state index is 10.9. The second-order valence-electron chi connectivity index (χ2n) is 3.49. The molecule has 7 heteroatoms. The Hall–Kier alpha value is -1.68. The van der Waals surface area contributed by atoms with Crippen LogP contribution in [0.5, 0.6) is 0 Å². The van der Waals surface area contributed by atoms with Crippen LogP contribution in [0.4, 0.5) is 5.13 Å². The lowest BCUT2D eigenvalue weighted by Crippen LogP contribution is -2.24. The van der Waals surface area contributed by atoms with Crippen molar-refractivity contribution in [1.29, 1.82) is 5.26 Å². The van der Waals surface area contributed by atoms with Crippen LogP contribution in [-0.2, 0) is 4.79 Å². The largest absolute Gasteiger partial charge is 0.360 e. The number of aromatic nitrogens is 2. The van der Waals surface area contributed by atoms with Crippen molar-refractivity contribution in [3.05, 3.63) is 5.01 Å². The maximum Gasteiger partial charge on any atom is 0.218 e. The van der Waals surface area contributed by atoms with Gasteiger partial charge in [0.2, 0.25) is 11.0 Å². The maximum absolute atomic E-state index is 10.9. The number of amides is 1. The predicted octanol–water partition coefficient (Wildman–Crippen LogP) is 1.45. The van der Waals surface area contributed by atoms with Gasteiger partial charge in [0.15, 0.2) is 11.0 Å². The molecule has 0 aromatic carbocycles. The zero-order chi connectivity index (χ0) is 12.7. The molecule has 0 aliphatic rings. The fourth-order valence-corrected chi connectivity index (χ4v) is 1.91. The second-order valence-corrected chi connectivity index (χ2v) is 4.50. The van der Waals surface area contributed by atoms with Crippen LogP contribution < -0.4 is 10.6 Å². The molecule has 1 atom stereocenters. The van der Waals surface area contributed by atoms with Crippen LogP contribution in [0.3, 0.4) is 0 Å². The van der Waals surface area contributed by atoms with Crippen LogP contribution in [0, 0.1) is 11.3 Å². The summed E-state index contributed by atoms with van der Waals surface area (Å²) in [6, 6.07) is 1.26. The van der Waals surface area contributed by atoms with E-state index in [9.17, 15) is 4.79 Å². The second kappa shape index (κ2) is 6.81. The Kier molecular flexibility index (Phi) is 5.36. The number of anilines is 1. The Balaban J connectivity index is 2.59. The van der Waals surface area contributed by atoms with Gasteiger partial charge in [-0.1, -0.05) is 24.7 Å². The molecule has 0 saturated carbocycles. The van der Waals surface area contributed by atoms with Crippen molar-refractivity contribution >= 4 is 22.4 Å². The van der Waals surface area contributed by atoms with E-state index in [1.54, 1.807) is 0 Å². The molecule has 1 aromatic rings. The van der Waals surface area contributed by atoms with Crippen LogP contribution in [0.2, 0.25) is 0 Å². The van der Waals surface area contributed by atoms with Crippen LogP contribution in [-0.4, -0.2) is 22.6 Å². The monoisotopic (exact) mass is 253 g/mol. The van der Waals surface area contributed by atoms with Crippen molar-refractivity contribution in [3.8, 4) is 6.07 Å². The molecule has 1 aromatic heterocycles. The number of unbranched alkanes of at least 4 members (excludes halogenated alkanes) is 1. The average molecular weight is 253 g/mol. The summed E-state index contributed by atoms with van der Waals surface area (Å²) in [7, 11) is 0. The topological polar surface area (TPSA) is 90.7 Å². The van der Waals surface area contributed by atoms with Gasteiger partial charge in [-0.2, -0.15) is 5.26 Å². The molecule has 0 bridgehead atoms. The fraction of sp³-hybridized carbons (Fsp3) is 0.600. The molecule has 0 radical (unpaired) electrons. The average Bonchev–Trinajstić information content (AvgIpc) is 2.74. The molecule has 17 heavy (non-hydrogen) atoms. The molecular formula is C10H15N5OS. The van der Waals surface area contributed by atoms with Crippen LogP contribution in [0.15, 0.2) is 0 Å². The minimum atomic E-state index is -0.716. The molecule has 0 unspecified atom stereocenters.